The van der Waals surface area contributed by atoms with Crippen molar-refractivity contribution in [3.05, 3.63) is 77.6 Å². The summed E-state index contributed by atoms with van der Waals surface area (Å²) in [6.45, 7) is 4.39. The summed E-state index contributed by atoms with van der Waals surface area (Å²) in [6.07, 6.45) is 1.97. The van der Waals surface area contributed by atoms with Crippen LogP contribution in [0.1, 0.15) is 29.7 Å². The SMILES string of the molecule is Cc1cc2c(cn1)[nH]c1c3c(c4ccccc4c12)-c1ccccc1C3C. The first kappa shape index (κ1) is 14.1. The van der Waals surface area contributed by atoms with Gasteiger partial charge in [-0.25, -0.2) is 0 Å². The summed E-state index contributed by atoms with van der Waals surface area (Å²) in [5.74, 6) is 0.385. The molecule has 26 heavy (non-hydrogen) atoms. The van der Waals surface area contributed by atoms with E-state index >= 15 is 0 Å². The second kappa shape index (κ2) is 4.73. The van der Waals surface area contributed by atoms with E-state index in [-0.39, 0.29) is 0 Å². The van der Waals surface area contributed by atoms with Crippen LogP contribution in [0.5, 0.6) is 0 Å². The smallest absolute Gasteiger partial charge is 0.0651 e. The van der Waals surface area contributed by atoms with Crippen molar-refractivity contribution in [3.8, 4) is 11.1 Å². The van der Waals surface area contributed by atoms with Crippen LogP contribution in [-0.4, -0.2) is 9.97 Å². The predicted octanol–water partition coefficient (Wildman–Crippen LogP) is 6.31. The van der Waals surface area contributed by atoms with E-state index < -0.39 is 0 Å². The summed E-state index contributed by atoms with van der Waals surface area (Å²) in [4.78, 5) is 8.20. The van der Waals surface area contributed by atoms with Crippen molar-refractivity contribution in [2.75, 3.05) is 0 Å². The Balaban J connectivity index is 1.94. The Bertz CT molecular complexity index is 1360. The summed E-state index contributed by atoms with van der Waals surface area (Å²) in [5.41, 5.74) is 9.06. The highest BCUT2D eigenvalue weighted by atomic mass is 14.8. The van der Waals surface area contributed by atoms with E-state index in [1.165, 1.54) is 49.3 Å². The summed E-state index contributed by atoms with van der Waals surface area (Å²) >= 11 is 0. The van der Waals surface area contributed by atoms with Crippen LogP contribution in [0.3, 0.4) is 0 Å². The molecule has 124 valence electrons. The van der Waals surface area contributed by atoms with Gasteiger partial charge in [0.05, 0.1) is 17.2 Å². The van der Waals surface area contributed by atoms with Gasteiger partial charge in [0.15, 0.2) is 0 Å². The van der Waals surface area contributed by atoms with Crippen LogP contribution >= 0.6 is 0 Å². The average Bonchev–Trinajstić information content (AvgIpc) is 3.18. The molecule has 1 aliphatic carbocycles. The Labute approximate surface area is 151 Å². The number of aryl methyl sites for hydroxylation is 1. The zero-order valence-corrected chi connectivity index (χ0v) is 14.8. The lowest BCUT2D eigenvalue weighted by Gasteiger charge is -2.12. The Morgan fingerprint density at radius 3 is 2.58 bits per heavy atom. The van der Waals surface area contributed by atoms with Gasteiger partial charge in [-0.1, -0.05) is 55.5 Å². The molecular formula is C24H18N2. The fourth-order valence-electron chi connectivity index (χ4n) is 4.85. The normalized spacial score (nSPS) is 15.7. The van der Waals surface area contributed by atoms with Crippen molar-refractivity contribution in [3.63, 3.8) is 0 Å². The first-order valence-electron chi connectivity index (χ1n) is 9.16. The number of nitrogens with one attached hydrogen (secondary N) is 1. The van der Waals surface area contributed by atoms with Gasteiger partial charge in [-0.05, 0) is 46.0 Å². The lowest BCUT2D eigenvalue weighted by molar-refractivity contribution is 0.964. The van der Waals surface area contributed by atoms with Crippen LogP contribution in [-0.2, 0) is 0 Å². The molecule has 1 aliphatic rings. The van der Waals surface area contributed by atoms with E-state index in [2.05, 4.69) is 78.4 Å². The quantitative estimate of drug-likeness (QED) is 0.353. The van der Waals surface area contributed by atoms with Gasteiger partial charge in [0.2, 0.25) is 0 Å². The fourth-order valence-corrected chi connectivity index (χ4v) is 4.85. The standard InChI is InChI=1S/C24H18N2/c1-13-11-19-20(12-25-13)26-24-21-14(2)15-7-3-4-8-16(15)22(21)17-9-5-6-10-18(17)23(19)24/h3-12,14,26H,1-2H3. The molecular weight excluding hydrogens is 316 g/mol. The van der Waals surface area contributed by atoms with Crippen LogP contribution in [0.15, 0.2) is 60.8 Å². The van der Waals surface area contributed by atoms with Crippen molar-refractivity contribution in [2.24, 2.45) is 0 Å². The van der Waals surface area contributed by atoms with Crippen LogP contribution < -0.4 is 0 Å². The number of nitrogens with zero attached hydrogens (tertiary/aromatic N) is 1. The number of benzene rings is 3. The third-order valence-corrected chi connectivity index (χ3v) is 5.95. The van der Waals surface area contributed by atoms with Crippen molar-refractivity contribution in [1.82, 2.24) is 9.97 Å². The first-order valence-corrected chi connectivity index (χ1v) is 9.16. The molecule has 1 N–H and O–H groups in total. The van der Waals surface area contributed by atoms with E-state index in [1.54, 1.807) is 0 Å². The number of pyridine rings is 1. The molecule has 0 spiro atoms. The number of aromatic amines is 1. The summed E-state index contributed by atoms with van der Waals surface area (Å²) < 4.78 is 0. The minimum atomic E-state index is 0.385. The molecule has 1 unspecified atom stereocenters. The number of fused-ring (bicyclic) bond motifs is 10. The molecule has 3 aromatic carbocycles. The van der Waals surface area contributed by atoms with Crippen molar-refractivity contribution in [1.29, 1.82) is 0 Å². The minimum absolute atomic E-state index is 0.385. The highest BCUT2D eigenvalue weighted by molar-refractivity contribution is 6.25. The second-order valence-corrected chi connectivity index (χ2v) is 7.39. The molecule has 0 bridgehead atoms. The van der Waals surface area contributed by atoms with Gasteiger partial charge in [0.1, 0.15) is 0 Å². The molecule has 2 nitrogen and oxygen atoms in total. The molecule has 5 aromatic rings. The second-order valence-electron chi connectivity index (χ2n) is 7.39. The van der Waals surface area contributed by atoms with Crippen molar-refractivity contribution < 1.29 is 0 Å². The maximum atomic E-state index is 4.50. The van der Waals surface area contributed by atoms with E-state index in [4.69, 9.17) is 0 Å². The molecule has 2 aromatic heterocycles. The zero-order valence-electron chi connectivity index (χ0n) is 14.8. The third-order valence-electron chi connectivity index (χ3n) is 5.95. The maximum Gasteiger partial charge on any atom is 0.0651 e. The number of H-pyrrole nitrogens is 1. The maximum absolute atomic E-state index is 4.50. The van der Waals surface area contributed by atoms with Gasteiger partial charge in [0, 0.05) is 22.4 Å². The Kier molecular flexibility index (Phi) is 2.56. The summed E-state index contributed by atoms with van der Waals surface area (Å²) in [6, 6.07) is 19.9. The van der Waals surface area contributed by atoms with Crippen molar-refractivity contribution in [2.45, 2.75) is 19.8 Å². The summed E-state index contributed by atoms with van der Waals surface area (Å²) in [5, 5.41) is 5.28. The van der Waals surface area contributed by atoms with Gasteiger partial charge in [-0.15, -0.1) is 0 Å². The monoisotopic (exact) mass is 334 g/mol. The molecule has 2 heterocycles. The molecule has 0 aliphatic heterocycles. The molecule has 1 atom stereocenters. The Morgan fingerprint density at radius 1 is 0.923 bits per heavy atom. The topological polar surface area (TPSA) is 28.7 Å². The van der Waals surface area contributed by atoms with Crippen LogP contribution in [0.25, 0.3) is 43.7 Å². The van der Waals surface area contributed by atoms with Gasteiger partial charge in [0.25, 0.3) is 0 Å². The first-order chi connectivity index (χ1) is 12.7. The summed E-state index contributed by atoms with van der Waals surface area (Å²) in [7, 11) is 0. The lowest BCUT2D eigenvalue weighted by Crippen LogP contribution is -1.92. The Hall–Kier alpha value is -3.13. The molecule has 6 rings (SSSR count). The number of rotatable bonds is 0. The van der Waals surface area contributed by atoms with Gasteiger partial charge in [-0.3, -0.25) is 4.98 Å². The van der Waals surface area contributed by atoms with Gasteiger partial charge in [-0.2, -0.15) is 0 Å². The van der Waals surface area contributed by atoms with Crippen molar-refractivity contribution >= 4 is 32.6 Å². The highest BCUT2D eigenvalue weighted by Crippen LogP contribution is 2.52. The third kappa shape index (κ3) is 1.60. The van der Waals surface area contributed by atoms with E-state index in [1.807, 2.05) is 6.20 Å². The molecule has 0 saturated carbocycles. The number of hydrogen-bond donors (Lipinski definition) is 1. The Morgan fingerprint density at radius 2 is 1.69 bits per heavy atom. The van der Waals surface area contributed by atoms with E-state index in [0.29, 0.717) is 5.92 Å². The van der Waals surface area contributed by atoms with Crippen LogP contribution in [0, 0.1) is 6.92 Å². The van der Waals surface area contributed by atoms with Gasteiger partial charge < -0.3 is 4.98 Å². The lowest BCUT2D eigenvalue weighted by atomic mass is 9.92. The average molecular weight is 334 g/mol. The molecule has 2 heteroatoms. The van der Waals surface area contributed by atoms with Crippen LogP contribution in [0.2, 0.25) is 0 Å². The number of hydrogen-bond acceptors (Lipinski definition) is 1. The predicted molar refractivity (Wildman–Crippen MR) is 109 cm³/mol. The molecule has 0 saturated heterocycles. The fraction of sp³-hybridized carbons (Fsp3) is 0.125. The van der Waals surface area contributed by atoms with E-state index in [0.717, 1.165) is 11.2 Å². The van der Waals surface area contributed by atoms with Crippen LogP contribution in [0.4, 0.5) is 0 Å². The highest BCUT2D eigenvalue weighted by Gasteiger charge is 2.30. The molecule has 0 fully saturated rings. The minimum Gasteiger partial charge on any atom is -0.353 e. The molecule has 0 amide bonds. The van der Waals surface area contributed by atoms with E-state index in [9.17, 15) is 0 Å². The zero-order chi connectivity index (χ0) is 17.4. The molecule has 0 radical (unpaired) electrons. The largest absolute Gasteiger partial charge is 0.353 e. The number of aromatic nitrogens is 2. The van der Waals surface area contributed by atoms with Gasteiger partial charge >= 0.3 is 0 Å².